The summed E-state index contributed by atoms with van der Waals surface area (Å²) in [6.45, 7) is 4.11. The number of nitrogens with one attached hydrogen (secondary N) is 2. The second-order valence-corrected chi connectivity index (χ2v) is 5.30. The van der Waals surface area contributed by atoms with E-state index in [0.717, 1.165) is 17.3 Å². The van der Waals surface area contributed by atoms with E-state index in [1.807, 2.05) is 31.2 Å². The Labute approximate surface area is 129 Å². The number of hydrazine groups is 1. The average molecular weight is 307 g/mol. The summed E-state index contributed by atoms with van der Waals surface area (Å²) in [5.74, 6) is 1.61. The number of para-hydroxylation sites is 1. The summed E-state index contributed by atoms with van der Waals surface area (Å²) < 4.78 is 0. The van der Waals surface area contributed by atoms with Crippen LogP contribution >= 0.6 is 11.6 Å². The Morgan fingerprint density at radius 2 is 2.10 bits per heavy atom. The lowest BCUT2D eigenvalue weighted by molar-refractivity contribution is -0.121. The van der Waals surface area contributed by atoms with Gasteiger partial charge in [-0.1, -0.05) is 32.4 Å². The molecule has 0 saturated carbocycles. The van der Waals surface area contributed by atoms with Gasteiger partial charge in [0.2, 0.25) is 5.91 Å². The number of aromatic nitrogens is 2. The van der Waals surface area contributed by atoms with Gasteiger partial charge in [-0.3, -0.25) is 15.6 Å². The summed E-state index contributed by atoms with van der Waals surface area (Å²) in [6.07, 6.45) is 1.45. The van der Waals surface area contributed by atoms with Gasteiger partial charge in [-0.25, -0.2) is 9.97 Å². The van der Waals surface area contributed by atoms with Crippen LogP contribution in [0.1, 0.15) is 32.5 Å². The first-order valence-electron chi connectivity index (χ1n) is 7.00. The van der Waals surface area contributed by atoms with Crippen molar-refractivity contribution in [3.05, 3.63) is 30.1 Å². The van der Waals surface area contributed by atoms with E-state index in [0.29, 0.717) is 24.0 Å². The minimum absolute atomic E-state index is 0.0560. The van der Waals surface area contributed by atoms with Gasteiger partial charge >= 0.3 is 0 Å². The van der Waals surface area contributed by atoms with Gasteiger partial charge in [-0.2, -0.15) is 0 Å². The molecule has 1 aromatic heterocycles. The van der Waals surface area contributed by atoms with Crippen LogP contribution in [0.5, 0.6) is 0 Å². The predicted molar refractivity (Wildman–Crippen MR) is 84.9 cm³/mol. The number of carbonyl (C=O) groups excluding carboxylic acids is 1. The van der Waals surface area contributed by atoms with Crippen molar-refractivity contribution >= 4 is 34.2 Å². The number of hydrogen-bond acceptors (Lipinski definition) is 4. The van der Waals surface area contributed by atoms with Crippen molar-refractivity contribution in [3.63, 3.8) is 0 Å². The average Bonchev–Trinajstić information content (AvgIpc) is 2.52. The molecule has 2 rings (SSSR count). The first-order valence-corrected chi connectivity index (χ1v) is 7.54. The zero-order valence-corrected chi connectivity index (χ0v) is 12.9. The quantitative estimate of drug-likeness (QED) is 0.635. The topological polar surface area (TPSA) is 66.9 Å². The summed E-state index contributed by atoms with van der Waals surface area (Å²) in [7, 11) is 0. The SMILES string of the molecule is CC[C@@H](C)CC(=O)NNc1nc(CCl)nc2ccccc12. The summed E-state index contributed by atoms with van der Waals surface area (Å²) >= 11 is 5.81. The number of anilines is 1. The smallest absolute Gasteiger partial charge is 0.238 e. The van der Waals surface area contributed by atoms with E-state index in [4.69, 9.17) is 11.6 Å². The first kappa shape index (κ1) is 15.5. The molecular formula is C15H19ClN4O. The molecule has 2 N–H and O–H groups in total. The third-order valence-corrected chi connectivity index (χ3v) is 3.56. The third-order valence-electron chi connectivity index (χ3n) is 3.32. The highest BCUT2D eigenvalue weighted by Gasteiger charge is 2.10. The maximum atomic E-state index is 11.8. The Morgan fingerprint density at radius 1 is 1.33 bits per heavy atom. The van der Waals surface area contributed by atoms with E-state index in [1.165, 1.54) is 0 Å². The minimum atomic E-state index is -0.0560. The predicted octanol–water partition coefficient (Wildman–Crippen LogP) is 3.25. The molecule has 21 heavy (non-hydrogen) atoms. The van der Waals surface area contributed by atoms with E-state index >= 15 is 0 Å². The number of amides is 1. The number of halogens is 1. The lowest BCUT2D eigenvalue weighted by Crippen LogP contribution is -2.31. The molecule has 0 aliphatic heterocycles. The zero-order valence-electron chi connectivity index (χ0n) is 12.2. The second-order valence-electron chi connectivity index (χ2n) is 5.03. The normalized spacial score (nSPS) is 12.1. The first-order chi connectivity index (χ1) is 10.1. The van der Waals surface area contributed by atoms with E-state index in [-0.39, 0.29) is 11.8 Å². The molecule has 112 valence electrons. The summed E-state index contributed by atoms with van der Waals surface area (Å²) in [5, 5.41) is 0.843. The van der Waals surface area contributed by atoms with Gasteiger partial charge in [0.25, 0.3) is 0 Å². The molecule has 0 radical (unpaired) electrons. The minimum Gasteiger partial charge on any atom is -0.281 e. The molecule has 6 heteroatoms. The third kappa shape index (κ3) is 4.04. The Hall–Kier alpha value is -1.88. The number of alkyl halides is 1. The van der Waals surface area contributed by atoms with Crippen LogP contribution in [0.2, 0.25) is 0 Å². The van der Waals surface area contributed by atoms with Crippen molar-refractivity contribution in [2.45, 2.75) is 32.6 Å². The van der Waals surface area contributed by atoms with Crippen molar-refractivity contribution in [1.82, 2.24) is 15.4 Å². The van der Waals surface area contributed by atoms with Crippen LogP contribution in [0.3, 0.4) is 0 Å². The fraction of sp³-hybridized carbons (Fsp3) is 0.400. The molecule has 1 amide bonds. The molecule has 0 bridgehead atoms. The fourth-order valence-corrected chi connectivity index (χ4v) is 2.04. The van der Waals surface area contributed by atoms with Crippen molar-refractivity contribution in [2.24, 2.45) is 5.92 Å². The van der Waals surface area contributed by atoms with Crippen LogP contribution in [0.4, 0.5) is 5.82 Å². The van der Waals surface area contributed by atoms with E-state index in [2.05, 4.69) is 27.7 Å². The Morgan fingerprint density at radius 3 is 2.81 bits per heavy atom. The van der Waals surface area contributed by atoms with Gasteiger partial charge in [0.15, 0.2) is 5.82 Å². The molecule has 1 heterocycles. The monoisotopic (exact) mass is 306 g/mol. The molecule has 0 aliphatic carbocycles. The molecule has 0 spiro atoms. The van der Waals surface area contributed by atoms with Gasteiger partial charge in [-0.15, -0.1) is 11.6 Å². The van der Waals surface area contributed by atoms with E-state index in [1.54, 1.807) is 0 Å². The highest BCUT2D eigenvalue weighted by Crippen LogP contribution is 2.20. The molecule has 0 aliphatic rings. The maximum Gasteiger partial charge on any atom is 0.238 e. The Bertz CT molecular complexity index is 632. The van der Waals surface area contributed by atoms with Gasteiger partial charge in [-0.05, 0) is 18.1 Å². The Balaban J connectivity index is 2.15. The summed E-state index contributed by atoms with van der Waals surface area (Å²) in [5.41, 5.74) is 6.36. The molecular weight excluding hydrogens is 288 g/mol. The van der Waals surface area contributed by atoms with E-state index in [9.17, 15) is 4.79 Å². The van der Waals surface area contributed by atoms with E-state index < -0.39 is 0 Å². The number of nitrogens with zero attached hydrogens (tertiary/aromatic N) is 2. The second kappa shape index (κ2) is 7.22. The molecule has 5 nitrogen and oxygen atoms in total. The van der Waals surface area contributed by atoms with Crippen LogP contribution < -0.4 is 10.9 Å². The molecule has 0 unspecified atom stereocenters. The van der Waals surface area contributed by atoms with Crippen LogP contribution in [-0.4, -0.2) is 15.9 Å². The largest absolute Gasteiger partial charge is 0.281 e. The molecule has 0 saturated heterocycles. The number of rotatable bonds is 6. The number of hydrogen-bond donors (Lipinski definition) is 2. The van der Waals surface area contributed by atoms with Gasteiger partial charge in [0.05, 0.1) is 11.4 Å². The van der Waals surface area contributed by atoms with Crippen molar-refractivity contribution in [1.29, 1.82) is 0 Å². The Kier molecular flexibility index (Phi) is 5.33. The van der Waals surface area contributed by atoms with Gasteiger partial charge < -0.3 is 0 Å². The summed E-state index contributed by atoms with van der Waals surface area (Å²) in [4.78, 5) is 20.5. The maximum absolute atomic E-state index is 11.8. The van der Waals surface area contributed by atoms with Crippen LogP contribution in [0.15, 0.2) is 24.3 Å². The number of benzene rings is 1. The highest BCUT2D eigenvalue weighted by molar-refractivity contribution is 6.16. The lowest BCUT2D eigenvalue weighted by atomic mass is 10.1. The number of fused-ring (bicyclic) bond motifs is 1. The van der Waals surface area contributed by atoms with Gasteiger partial charge in [0, 0.05) is 11.8 Å². The van der Waals surface area contributed by atoms with Crippen molar-refractivity contribution < 1.29 is 4.79 Å². The fourth-order valence-electron chi connectivity index (χ4n) is 1.92. The highest BCUT2D eigenvalue weighted by atomic mass is 35.5. The van der Waals surface area contributed by atoms with Crippen molar-refractivity contribution in [3.8, 4) is 0 Å². The molecule has 0 fully saturated rings. The standard InChI is InChI=1S/C15H19ClN4O/c1-3-10(2)8-14(21)19-20-15-11-6-4-5-7-12(11)17-13(9-16)18-15/h4-7,10H,3,8-9H2,1-2H3,(H,19,21)(H,17,18,20)/t10-/m1/s1. The zero-order chi connectivity index (χ0) is 15.2. The lowest BCUT2D eigenvalue weighted by Gasteiger charge is -2.12. The number of carbonyl (C=O) groups is 1. The molecule has 2 aromatic rings. The molecule has 1 atom stereocenters. The van der Waals surface area contributed by atoms with Gasteiger partial charge in [0.1, 0.15) is 5.82 Å². The summed E-state index contributed by atoms with van der Waals surface area (Å²) in [6, 6.07) is 7.59. The van der Waals surface area contributed by atoms with Crippen LogP contribution in [0.25, 0.3) is 10.9 Å². The van der Waals surface area contributed by atoms with Crippen LogP contribution in [0, 0.1) is 5.92 Å². The molecule has 1 aromatic carbocycles. The van der Waals surface area contributed by atoms with Crippen LogP contribution in [-0.2, 0) is 10.7 Å². The van der Waals surface area contributed by atoms with Crippen molar-refractivity contribution in [2.75, 3.05) is 5.43 Å².